The first-order chi connectivity index (χ1) is 13.0. The van der Waals surface area contributed by atoms with Gasteiger partial charge >= 0.3 is 5.97 Å². The summed E-state index contributed by atoms with van der Waals surface area (Å²) in [5.74, 6) is -1.22. The van der Waals surface area contributed by atoms with Crippen molar-refractivity contribution in [3.8, 4) is 0 Å². The molecule has 1 N–H and O–H groups in total. The molecular weight excluding hydrogens is 344 g/mol. The van der Waals surface area contributed by atoms with Gasteiger partial charge in [0, 0.05) is 0 Å². The summed E-state index contributed by atoms with van der Waals surface area (Å²) in [6.45, 7) is 4.09. The van der Waals surface area contributed by atoms with Crippen LogP contribution < -0.4 is 0 Å². The Morgan fingerprint density at radius 2 is 1.74 bits per heavy atom. The average molecular weight is 383 g/mol. The van der Waals surface area contributed by atoms with Crippen molar-refractivity contribution in [1.29, 1.82) is 0 Å². The second-order valence-electron chi connectivity index (χ2n) is 7.56. The van der Waals surface area contributed by atoms with Crippen LogP contribution in [0.3, 0.4) is 0 Å². The Morgan fingerprint density at radius 3 is 2.41 bits per heavy atom. The zero-order chi connectivity index (χ0) is 19.9. The maximum absolute atomic E-state index is 11.9. The molecule has 1 heterocycles. The average Bonchev–Trinajstić information content (AvgIpc) is 3.43. The molecule has 0 aromatic carbocycles. The highest BCUT2D eigenvalue weighted by molar-refractivity contribution is 5.97. The molecular formula is C22H38O5. The second-order valence-corrected chi connectivity index (χ2v) is 7.56. The molecule has 0 aromatic heterocycles. The predicted molar refractivity (Wildman–Crippen MR) is 106 cm³/mol. The molecule has 5 nitrogen and oxygen atoms in total. The van der Waals surface area contributed by atoms with Gasteiger partial charge in [-0.1, -0.05) is 64.0 Å². The van der Waals surface area contributed by atoms with E-state index in [-0.39, 0.29) is 11.9 Å². The molecule has 0 aromatic rings. The van der Waals surface area contributed by atoms with Crippen LogP contribution in [0.1, 0.15) is 90.9 Å². The van der Waals surface area contributed by atoms with Crippen LogP contribution >= 0.6 is 0 Å². The van der Waals surface area contributed by atoms with E-state index in [1.165, 1.54) is 26.2 Å². The molecule has 1 aliphatic heterocycles. The predicted octanol–water partition coefficient (Wildman–Crippen LogP) is 4.71. The summed E-state index contributed by atoms with van der Waals surface area (Å²) in [4.78, 5) is 23.5. The Kier molecular flexibility index (Phi) is 13.1. The maximum Gasteiger partial charge on any atom is 0.318 e. The number of aliphatic hydroxyl groups excluding tert-OH is 1. The number of hydrogen-bond donors (Lipinski definition) is 1. The van der Waals surface area contributed by atoms with E-state index in [2.05, 4.69) is 19.1 Å². The van der Waals surface area contributed by atoms with Crippen molar-refractivity contribution in [1.82, 2.24) is 0 Å². The van der Waals surface area contributed by atoms with E-state index in [1.807, 2.05) is 0 Å². The number of unbranched alkanes of at least 4 members (excludes halogenated alkanes) is 7. The molecule has 0 spiro atoms. The third-order valence-corrected chi connectivity index (χ3v) is 4.90. The molecule has 1 saturated heterocycles. The van der Waals surface area contributed by atoms with Gasteiger partial charge in [-0.3, -0.25) is 9.59 Å². The summed E-state index contributed by atoms with van der Waals surface area (Å²) in [6, 6.07) is 0. The number of carbonyl (C=O) groups excluding carboxylic acids is 2. The normalized spacial score (nSPS) is 18.4. The Bertz CT molecular complexity index is 442. The van der Waals surface area contributed by atoms with Crippen LogP contribution in [0.2, 0.25) is 0 Å². The topological polar surface area (TPSA) is 76.1 Å². The van der Waals surface area contributed by atoms with Crippen molar-refractivity contribution in [2.24, 2.45) is 5.92 Å². The molecule has 0 amide bonds. The minimum Gasteiger partial charge on any atom is -0.433 e. The molecule has 1 rings (SSSR count). The quantitative estimate of drug-likeness (QED) is 0.130. The van der Waals surface area contributed by atoms with E-state index in [0.717, 1.165) is 51.4 Å². The Morgan fingerprint density at radius 1 is 1.07 bits per heavy atom. The Labute approximate surface area is 164 Å². The standard InChI is InChI=1S/C22H38O5/c1-3-4-5-11-14-19(24)15-12-9-7-6-8-10-13-16-20(18(2)23)22(25)27-21-17-26-21/h9,12,19-21,24H,3-8,10-11,13-17H2,1-2H3/b12-9-. The number of ketones is 1. The van der Waals surface area contributed by atoms with Crippen LogP contribution in [0.4, 0.5) is 0 Å². The van der Waals surface area contributed by atoms with Crippen LogP contribution in [-0.4, -0.2) is 35.9 Å². The molecule has 0 bridgehead atoms. The fraction of sp³-hybridized carbons (Fsp3) is 0.818. The van der Waals surface area contributed by atoms with Crippen LogP contribution in [-0.2, 0) is 19.1 Å². The molecule has 1 fully saturated rings. The molecule has 27 heavy (non-hydrogen) atoms. The number of hydrogen-bond acceptors (Lipinski definition) is 5. The lowest BCUT2D eigenvalue weighted by atomic mass is 9.97. The molecule has 3 atom stereocenters. The number of esters is 1. The lowest BCUT2D eigenvalue weighted by molar-refractivity contribution is -0.156. The van der Waals surface area contributed by atoms with E-state index in [0.29, 0.717) is 13.0 Å². The first-order valence-electron chi connectivity index (χ1n) is 10.7. The van der Waals surface area contributed by atoms with E-state index in [4.69, 9.17) is 9.47 Å². The van der Waals surface area contributed by atoms with E-state index < -0.39 is 18.2 Å². The van der Waals surface area contributed by atoms with Gasteiger partial charge in [-0.05, 0) is 39.0 Å². The summed E-state index contributed by atoms with van der Waals surface area (Å²) >= 11 is 0. The van der Waals surface area contributed by atoms with Crippen LogP contribution in [0.25, 0.3) is 0 Å². The van der Waals surface area contributed by atoms with Crippen LogP contribution in [0, 0.1) is 5.92 Å². The number of ether oxygens (including phenoxy) is 2. The number of aliphatic hydroxyl groups is 1. The van der Waals surface area contributed by atoms with E-state index in [1.54, 1.807) is 0 Å². The summed E-state index contributed by atoms with van der Waals surface area (Å²) < 4.78 is 9.92. The summed E-state index contributed by atoms with van der Waals surface area (Å²) in [6.07, 6.45) is 15.7. The first kappa shape index (κ1) is 23.8. The number of rotatable bonds is 17. The molecule has 0 radical (unpaired) electrons. The molecule has 0 aliphatic carbocycles. The molecule has 5 heteroatoms. The van der Waals surface area contributed by atoms with Crippen molar-refractivity contribution in [3.63, 3.8) is 0 Å². The fourth-order valence-corrected chi connectivity index (χ4v) is 3.07. The van der Waals surface area contributed by atoms with Crippen molar-refractivity contribution < 1.29 is 24.2 Å². The molecule has 1 aliphatic rings. The molecule has 0 saturated carbocycles. The summed E-state index contributed by atoms with van der Waals surface area (Å²) in [5.41, 5.74) is 0. The monoisotopic (exact) mass is 382 g/mol. The molecule has 3 unspecified atom stereocenters. The van der Waals surface area contributed by atoms with Gasteiger partial charge in [0.25, 0.3) is 0 Å². The minimum absolute atomic E-state index is 0.128. The summed E-state index contributed by atoms with van der Waals surface area (Å²) in [5, 5.41) is 9.90. The van der Waals surface area contributed by atoms with Gasteiger partial charge in [-0.15, -0.1) is 0 Å². The number of epoxide rings is 1. The van der Waals surface area contributed by atoms with Crippen molar-refractivity contribution in [2.45, 2.75) is 103 Å². The van der Waals surface area contributed by atoms with Crippen LogP contribution in [0.5, 0.6) is 0 Å². The Hall–Kier alpha value is -1.20. The smallest absolute Gasteiger partial charge is 0.318 e. The Balaban J connectivity index is 1.99. The third kappa shape index (κ3) is 12.7. The SMILES string of the molecule is CCCCCCC(O)C/C=C\CCCCCCC(C(C)=O)C(=O)OC1CO1. The largest absolute Gasteiger partial charge is 0.433 e. The van der Waals surface area contributed by atoms with Crippen molar-refractivity contribution in [2.75, 3.05) is 6.61 Å². The number of carbonyl (C=O) groups is 2. The van der Waals surface area contributed by atoms with Crippen molar-refractivity contribution >= 4 is 11.8 Å². The highest BCUT2D eigenvalue weighted by Gasteiger charge is 2.32. The maximum atomic E-state index is 11.9. The lowest BCUT2D eigenvalue weighted by Gasteiger charge is -2.11. The second kappa shape index (κ2) is 14.8. The highest BCUT2D eigenvalue weighted by Crippen LogP contribution is 2.19. The first-order valence-corrected chi connectivity index (χ1v) is 10.7. The van der Waals surface area contributed by atoms with Gasteiger partial charge in [0.15, 0.2) is 0 Å². The van der Waals surface area contributed by atoms with Gasteiger partial charge in [-0.2, -0.15) is 0 Å². The fourth-order valence-electron chi connectivity index (χ4n) is 3.07. The number of Topliss-reactive ketones (excluding diaryl/α,β-unsaturated/α-hetero) is 1. The highest BCUT2D eigenvalue weighted by atomic mass is 16.8. The van der Waals surface area contributed by atoms with Crippen LogP contribution in [0.15, 0.2) is 12.2 Å². The number of allylic oxidation sites excluding steroid dienone is 1. The minimum atomic E-state index is -0.645. The van der Waals surface area contributed by atoms with Gasteiger partial charge in [0.05, 0.1) is 6.10 Å². The van der Waals surface area contributed by atoms with Crippen molar-refractivity contribution in [3.05, 3.63) is 12.2 Å². The van der Waals surface area contributed by atoms with Gasteiger partial charge in [0.2, 0.25) is 6.29 Å². The lowest BCUT2D eigenvalue weighted by Crippen LogP contribution is -2.25. The zero-order valence-corrected chi connectivity index (χ0v) is 17.2. The van der Waals surface area contributed by atoms with Gasteiger partial charge < -0.3 is 14.6 Å². The zero-order valence-electron chi connectivity index (χ0n) is 17.2. The molecule has 156 valence electrons. The van der Waals surface area contributed by atoms with Gasteiger partial charge in [0.1, 0.15) is 18.3 Å². The van der Waals surface area contributed by atoms with E-state index in [9.17, 15) is 14.7 Å². The third-order valence-electron chi connectivity index (χ3n) is 4.90. The van der Waals surface area contributed by atoms with E-state index >= 15 is 0 Å². The summed E-state index contributed by atoms with van der Waals surface area (Å²) in [7, 11) is 0. The van der Waals surface area contributed by atoms with Gasteiger partial charge in [-0.25, -0.2) is 0 Å².